The first-order valence-corrected chi connectivity index (χ1v) is 6.01. The van der Waals surface area contributed by atoms with E-state index in [9.17, 15) is 4.79 Å². The molecule has 1 atom stereocenters. The molecule has 0 aromatic carbocycles. The molecule has 0 bridgehead atoms. The first-order valence-electron chi connectivity index (χ1n) is 5.63. The number of hydrogen-bond donors (Lipinski definition) is 1. The van der Waals surface area contributed by atoms with Gasteiger partial charge >= 0.3 is 0 Å². The topological polar surface area (TPSA) is 64.1 Å². The SMILES string of the molecule is O=C(NCC1CCCCO1)c1cncc(Cl)n1. The van der Waals surface area contributed by atoms with E-state index < -0.39 is 0 Å². The molecule has 5 nitrogen and oxygen atoms in total. The lowest BCUT2D eigenvalue weighted by Gasteiger charge is -2.22. The van der Waals surface area contributed by atoms with Crippen molar-refractivity contribution in [2.24, 2.45) is 0 Å². The average molecular weight is 256 g/mol. The maximum atomic E-state index is 11.7. The minimum absolute atomic E-state index is 0.111. The summed E-state index contributed by atoms with van der Waals surface area (Å²) in [6.07, 6.45) is 6.13. The quantitative estimate of drug-likeness (QED) is 0.888. The molecular weight excluding hydrogens is 242 g/mol. The second-order valence-corrected chi connectivity index (χ2v) is 4.31. The summed E-state index contributed by atoms with van der Waals surface area (Å²) in [5.41, 5.74) is 0.230. The van der Waals surface area contributed by atoms with Crippen molar-refractivity contribution in [3.8, 4) is 0 Å². The second kappa shape index (κ2) is 5.93. The Labute approximate surface area is 105 Å². The molecule has 6 heteroatoms. The summed E-state index contributed by atoms with van der Waals surface area (Å²) in [5.74, 6) is -0.269. The van der Waals surface area contributed by atoms with Gasteiger partial charge in [-0.15, -0.1) is 0 Å². The first kappa shape index (κ1) is 12.3. The highest BCUT2D eigenvalue weighted by molar-refractivity contribution is 6.29. The van der Waals surface area contributed by atoms with Crippen LogP contribution in [0.4, 0.5) is 0 Å². The van der Waals surface area contributed by atoms with Crippen LogP contribution in [0.2, 0.25) is 5.15 Å². The maximum Gasteiger partial charge on any atom is 0.271 e. The third-order valence-electron chi connectivity index (χ3n) is 2.60. The Morgan fingerprint density at radius 2 is 2.41 bits per heavy atom. The number of ether oxygens (including phenoxy) is 1. The van der Waals surface area contributed by atoms with Crippen LogP contribution in [-0.2, 0) is 4.74 Å². The van der Waals surface area contributed by atoms with Gasteiger partial charge in [0.1, 0.15) is 10.8 Å². The van der Waals surface area contributed by atoms with Crippen molar-refractivity contribution in [2.45, 2.75) is 25.4 Å². The fraction of sp³-hybridized carbons (Fsp3) is 0.545. The van der Waals surface area contributed by atoms with Crippen LogP contribution in [0.1, 0.15) is 29.8 Å². The van der Waals surface area contributed by atoms with E-state index in [0.717, 1.165) is 25.9 Å². The molecular formula is C11H14ClN3O2. The Bertz CT molecular complexity index is 394. The van der Waals surface area contributed by atoms with Crippen molar-refractivity contribution in [1.29, 1.82) is 0 Å². The Morgan fingerprint density at radius 1 is 1.53 bits per heavy atom. The van der Waals surface area contributed by atoms with Gasteiger partial charge in [0.2, 0.25) is 0 Å². The summed E-state index contributed by atoms with van der Waals surface area (Å²) >= 11 is 5.66. The van der Waals surface area contributed by atoms with Crippen molar-refractivity contribution in [3.05, 3.63) is 23.2 Å². The minimum atomic E-state index is -0.269. The van der Waals surface area contributed by atoms with Gasteiger partial charge in [-0.3, -0.25) is 9.78 Å². The van der Waals surface area contributed by atoms with E-state index in [2.05, 4.69) is 15.3 Å². The third kappa shape index (κ3) is 3.64. The molecule has 92 valence electrons. The lowest BCUT2D eigenvalue weighted by molar-refractivity contribution is 0.0168. The molecule has 0 radical (unpaired) electrons. The van der Waals surface area contributed by atoms with Crippen LogP contribution >= 0.6 is 11.6 Å². The number of rotatable bonds is 3. The summed E-state index contributed by atoms with van der Waals surface area (Å²) in [6, 6.07) is 0. The van der Waals surface area contributed by atoms with E-state index in [4.69, 9.17) is 16.3 Å². The Kier molecular flexibility index (Phi) is 4.28. The van der Waals surface area contributed by atoms with Crippen molar-refractivity contribution in [2.75, 3.05) is 13.2 Å². The molecule has 1 aromatic rings. The number of amides is 1. The van der Waals surface area contributed by atoms with Crippen LogP contribution in [-0.4, -0.2) is 35.1 Å². The van der Waals surface area contributed by atoms with E-state index in [-0.39, 0.29) is 22.9 Å². The summed E-state index contributed by atoms with van der Waals surface area (Å²) < 4.78 is 5.51. The predicted molar refractivity (Wildman–Crippen MR) is 63.0 cm³/mol. The van der Waals surface area contributed by atoms with Gasteiger partial charge in [-0.25, -0.2) is 4.98 Å². The summed E-state index contributed by atoms with van der Waals surface area (Å²) in [7, 11) is 0. The fourth-order valence-electron chi connectivity index (χ4n) is 1.72. The molecule has 0 saturated carbocycles. The first-order chi connectivity index (χ1) is 8.25. The lowest BCUT2D eigenvalue weighted by atomic mass is 10.1. The zero-order chi connectivity index (χ0) is 12.1. The highest BCUT2D eigenvalue weighted by atomic mass is 35.5. The van der Waals surface area contributed by atoms with Crippen LogP contribution < -0.4 is 5.32 Å². The maximum absolute atomic E-state index is 11.7. The van der Waals surface area contributed by atoms with E-state index in [0.29, 0.717) is 6.54 Å². The molecule has 1 saturated heterocycles. The largest absolute Gasteiger partial charge is 0.376 e. The zero-order valence-corrected chi connectivity index (χ0v) is 10.1. The molecule has 1 fully saturated rings. The zero-order valence-electron chi connectivity index (χ0n) is 9.36. The molecule has 2 rings (SSSR count). The van der Waals surface area contributed by atoms with Gasteiger partial charge in [0, 0.05) is 13.2 Å². The van der Waals surface area contributed by atoms with Crippen molar-refractivity contribution in [3.63, 3.8) is 0 Å². The molecule has 1 amide bonds. The smallest absolute Gasteiger partial charge is 0.271 e. The number of nitrogens with one attached hydrogen (secondary N) is 1. The number of aromatic nitrogens is 2. The van der Waals surface area contributed by atoms with Gasteiger partial charge in [-0.1, -0.05) is 11.6 Å². The van der Waals surface area contributed by atoms with E-state index in [1.165, 1.54) is 12.4 Å². The number of hydrogen-bond acceptors (Lipinski definition) is 4. The van der Waals surface area contributed by atoms with Crippen LogP contribution in [0.25, 0.3) is 0 Å². The van der Waals surface area contributed by atoms with Gasteiger partial charge in [0.05, 0.1) is 18.5 Å². The molecule has 1 aliphatic heterocycles. The number of halogens is 1. The van der Waals surface area contributed by atoms with Gasteiger partial charge in [-0.05, 0) is 19.3 Å². The Hall–Kier alpha value is -1.20. The second-order valence-electron chi connectivity index (χ2n) is 3.93. The van der Waals surface area contributed by atoms with Crippen LogP contribution in [0.3, 0.4) is 0 Å². The van der Waals surface area contributed by atoms with Crippen LogP contribution in [0.15, 0.2) is 12.4 Å². The average Bonchev–Trinajstić information content (AvgIpc) is 2.37. The molecule has 0 aliphatic carbocycles. The Morgan fingerprint density at radius 3 is 3.12 bits per heavy atom. The van der Waals surface area contributed by atoms with E-state index in [1.54, 1.807) is 0 Å². The summed E-state index contributed by atoms with van der Waals surface area (Å²) in [4.78, 5) is 19.4. The number of carbonyl (C=O) groups is 1. The van der Waals surface area contributed by atoms with Crippen LogP contribution in [0.5, 0.6) is 0 Å². The third-order valence-corrected chi connectivity index (χ3v) is 2.78. The summed E-state index contributed by atoms with van der Waals surface area (Å²) in [6.45, 7) is 1.28. The fourth-order valence-corrected chi connectivity index (χ4v) is 1.86. The molecule has 1 unspecified atom stereocenters. The summed E-state index contributed by atoms with van der Waals surface area (Å²) in [5, 5.41) is 2.99. The lowest BCUT2D eigenvalue weighted by Crippen LogP contribution is -2.35. The molecule has 0 spiro atoms. The predicted octanol–water partition coefficient (Wildman–Crippen LogP) is 1.43. The molecule has 1 aliphatic rings. The highest BCUT2D eigenvalue weighted by Gasteiger charge is 2.15. The van der Waals surface area contributed by atoms with Crippen LogP contribution in [0, 0.1) is 0 Å². The van der Waals surface area contributed by atoms with E-state index in [1.807, 2.05) is 0 Å². The normalized spacial score (nSPS) is 19.9. The van der Waals surface area contributed by atoms with Gasteiger partial charge < -0.3 is 10.1 Å². The highest BCUT2D eigenvalue weighted by Crippen LogP contribution is 2.11. The van der Waals surface area contributed by atoms with Gasteiger partial charge in [-0.2, -0.15) is 0 Å². The number of carbonyl (C=O) groups excluding carboxylic acids is 1. The molecule has 2 heterocycles. The Balaban J connectivity index is 1.84. The molecule has 1 aromatic heterocycles. The van der Waals surface area contributed by atoms with Crippen molar-refractivity contribution in [1.82, 2.24) is 15.3 Å². The van der Waals surface area contributed by atoms with E-state index >= 15 is 0 Å². The molecule has 1 N–H and O–H groups in total. The minimum Gasteiger partial charge on any atom is -0.376 e. The van der Waals surface area contributed by atoms with Gasteiger partial charge in [0.25, 0.3) is 5.91 Å². The van der Waals surface area contributed by atoms with Crippen molar-refractivity contribution >= 4 is 17.5 Å². The van der Waals surface area contributed by atoms with Gasteiger partial charge in [0.15, 0.2) is 0 Å². The number of nitrogens with zero attached hydrogens (tertiary/aromatic N) is 2. The standard InChI is InChI=1S/C11H14ClN3O2/c12-10-7-13-6-9(15-10)11(16)14-5-8-3-1-2-4-17-8/h6-8H,1-5H2,(H,14,16). The monoisotopic (exact) mass is 255 g/mol. The van der Waals surface area contributed by atoms with Crippen molar-refractivity contribution < 1.29 is 9.53 Å². The molecule has 17 heavy (non-hydrogen) atoms.